The van der Waals surface area contributed by atoms with Crippen LogP contribution in [-0.4, -0.2) is 132 Å². The largest absolute Gasteiger partial charge is 2.00 e. The summed E-state index contributed by atoms with van der Waals surface area (Å²) in [6, 6.07) is 0. The van der Waals surface area contributed by atoms with Crippen LogP contribution in [0.2, 0.25) is 0 Å². The van der Waals surface area contributed by atoms with Crippen molar-refractivity contribution in [2.45, 2.75) is 12.2 Å². The van der Waals surface area contributed by atoms with Gasteiger partial charge in [0.1, 0.15) is 0 Å². The van der Waals surface area contributed by atoms with E-state index < -0.39 is 36.5 Å². The average molecular weight is 322 g/mol. The molecule has 0 heterocycles. The van der Waals surface area contributed by atoms with Gasteiger partial charge in [-0.1, -0.05) is 0 Å². The Morgan fingerprint density at radius 1 is 0.722 bits per heavy atom. The topological polar surface area (TPSA) is 168 Å². The van der Waals surface area contributed by atoms with E-state index >= 15 is 0 Å². The van der Waals surface area contributed by atoms with E-state index in [4.69, 9.17) is 20.4 Å². The van der Waals surface area contributed by atoms with Gasteiger partial charge in [-0.3, -0.25) is 0 Å². The van der Waals surface area contributed by atoms with E-state index in [0.717, 1.165) is 0 Å². The molecule has 0 aromatic rings. The van der Waals surface area contributed by atoms with Crippen molar-refractivity contribution in [1.82, 2.24) is 0 Å². The van der Waals surface area contributed by atoms with Crippen LogP contribution < -0.4 is 0 Å². The van der Waals surface area contributed by atoms with Crippen LogP contribution in [-0.2, 0) is 19.1 Å². The molecule has 0 aliphatic carbocycles. The number of hydrogen-bond acceptors (Lipinski definition) is 6. The van der Waals surface area contributed by atoms with Crippen molar-refractivity contribution < 1.29 is 54.8 Å². The first-order valence-corrected chi connectivity index (χ1v) is 3.50. The minimum atomic E-state index is -2.48. The summed E-state index contributed by atoms with van der Waals surface area (Å²) in [5.74, 6) is -3.98. The summed E-state index contributed by atoms with van der Waals surface area (Å²) in [4.78, 5) is 41.0. The van der Waals surface area contributed by atoms with Crippen molar-refractivity contribution in [3.8, 4) is 0 Å². The van der Waals surface area contributed by atoms with Crippen molar-refractivity contribution in [1.29, 1.82) is 0 Å². The first-order chi connectivity index (χ1) is 7.25. The van der Waals surface area contributed by atoms with E-state index in [0.29, 0.717) is 0 Å². The molecule has 98 valence electrons. The van der Waals surface area contributed by atoms with Crippen LogP contribution in [0, 0.1) is 0 Å². The molecule has 0 aliphatic rings. The van der Waals surface area contributed by atoms with Crippen LogP contribution in [0.25, 0.3) is 0 Å². The molecule has 12 heteroatoms. The molecule has 0 aliphatic heterocycles. The molecule has 0 fully saturated rings. The molecule has 0 bridgehead atoms. The number of rotatable bonds is 5. The van der Waals surface area contributed by atoms with Gasteiger partial charge >= 0.3 is 99.7 Å². The van der Waals surface area contributed by atoms with Gasteiger partial charge in [-0.15, -0.1) is 0 Å². The minimum absolute atomic E-state index is 0. The zero-order valence-electron chi connectivity index (χ0n) is 12.8. The molecule has 0 radical (unpaired) electrons. The maximum Gasteiger partial charge on any atom is 2.00 e. The van der Waals surface area contributed by atoms with Crippen molar-refractivity contribution in [2.24, 2.45) is 0 Å². The number of carboxylic acid groups (broad SMARTS) is 4. The minimum Gasteiger partial charge on any atom is -1.00 e. The molecule has 10 nitrogen and oxygen atoms in total. The quantitative estimate of drug-likeness (QED) is 0.363. The smallest absolute Gasteiger partial charge is 1.00 e. The third-order valence-electron chi connectivity index (χ3n) is 1.22. The molecular weight excluding hydrogens is 312 g/mol. The molecule has 4 N–H and O–H groups in total. The van der Waals surface area contributed by atoms with Gasteiger partial charge in [-0.2, -0.15) is 0 Å². The maximum atomic E-state index is 10.4. The van der Waals surface area contributed by atoms with E-state index in [1.54, 1.807) is 0 Å². The zero-order valence-corrected chi connectivity index (χ0v) is 13.2. The standard InChI is InChI=1S/C6H6O10.2Ca.4H/c7-3(8)1(15-5(11)12)2(4(9)10)16-6(13)14;;;;;;/h1-2H,(H,7,8)(H,9,10)(H,11,12)(H,13,14);;;;;;/q;2*+2;4*-1. The van der Waals surface area contributed by atoms with Crippen molar-refractivity contribution in [2.75, 3.05) is 0 Å². The first-order valence-electron chi connectivity index (χ1n) is 3.50. The van der Waals surface area contributed by atoms with Crippen molar-refractivity contribution >= 4 is 99.7 Å². The Labute approximate surface area is 165 Å². The second kappa shape index (κ2) is 10.9. The number of carbonyl (C=O) groups is 4. The number of carboxylic acids is 2. The van der Waals surface area contributed by atoms with E-state index in [9.17, 15) is 19.2 Å². The molecule has 2 unspecified atom stereocenters. The molecule has 0 amide bonds. The molecule has 0 aromatic heterocycles. The van der Waals surface area contributed by atoms with Crippen LogP contribution in [0.3, 0.4) is 0 Å². The Hall–Kier alpha value is -0.000519. The summed E-state index contributed by atoms with van der Waals surface area (Å²) in [5.41, 5.74) is 0. The second-order valence-electron chi connectivity index (χ2n) is 2.29. The maximum absolute atomic E-state index is 10.4. The van der Waals surface area contributed by atoms with Crippen LogP contribution in [0.1, 0.15) is 5.71 Å². The molecule has 0 spiro atoms. The van der Waals surface area contributed by atoms with Gasteiger partial charge in [0, 0.05) is 0 Å². The average Bonchev–Trinajstić information content (AvgIpc) is 2.09. The molecule has 2 atom stereocenters. The SMILES string of the molecule is O=C(O)OC(C(=O)O)C(OC(=O)O)C(=O)O.[Ca+2].[Ca+2].[H-].[H-].[H-].[H-]. The van der Waals surface area contributed by atoms with Crippen LogP contribution in [0.15, 0.2) is 0 Å². The van der Waals surface area contributed by atoms with Gasteiger partial charge in [-0.25, -0.2) is 19.2 Å². The van der Waals surface area contributed by atoms with Crippen LogP contribution >= 0.6 is 0 Å². The Balaban J connectivity index is -0.0000000750. The van der Waals surface area contributed by atoms with Gasteiger partial charge in [0.15, 0.2) is 0 Å². The third-order valence-corrected chi connectivity index (χ3v) is 1.22. The number of hydrogen-bond donors (Lipinski definition) is 4. The Bertz CT molecular complexity index is 311. The summed E-state index contributed by atoms with van der Waals surface area (Å²) in [6.45, 7) is 0. The summed E-state index contributed by atoms with van der Waals surface area (Å²) in [6.07, 6.45) is -9.11. The molecule has 0 aromatic carbocycles. The van der Waals surface area contributed by atoms with Crippen molar-refractivity contribution in [3.63, 3.8) is 0 Å². The fourth-order valence-electron chi connectivity index (χ4n) is 0.701. The van der Waals surface area contributed by atoms with Gasteiger partial charge in [-0.05, 0) is 0 Å². The summed E-state index contributed by atoms with van der Waals surface area (Å²) < 4.78 is 7.37. The van der Waals surface area contributed by atoms with E-state index in [1.807, 2.05) is 0 Å². The fourth-order valence-corrected chi connectivity index (χ4v) is 0.701. The molecular formula is C6H10Ca2O10. The molecule has 0 saturated carbocycles. The Morgan fingerprint density at radius 2 is 0.944 bits per heavy atom. The molecule has 0 saturated heterocycles. The number of ether oxygens (including phenoxy) is 2. The summed E-state index contributed by atoms with van der Waals surface area (Å²) in [5, 5.41) is 33.1. The van der Waals surface area contributed by atoms with Gasteiger partial charge in [0.05, 0.1) is 0 Å². The normalized spacial score (nSPS) is 11.8. The van der Waals surface area contributed by atoms with E-state index in [-0.39, 0.29) is 81.2 Å². The second-order valence-corrected chi connectivity index (χ2v) is 2.29. The predicted molar refractivity (Wildman–Crippen MR) is 57.0 cm³/mol. The van der Waals surface area contributed by atoms with Gasteiger partial charge in [0.2, 0.25) is 12.2 Å². The Kier molecular flexibility index (Phi) is 14.0. The fraction of sp³-hybridized carbons (Fsp3) is 0.333. The van der Waals surface area contributed by atoms with E-state index in [1.165, 1.54) is 0 Å². The van der Waals surface area contributed by atoms with Crippen molar-refractivity contribution in [3.05, 3.63) is 0 Å². The van der Waals surface area contributed by atoms with E-state index in [2.05, 4.69) is 9.47 Å². The Morgan fingerprint density at radius 3 is 1.06 bits per heavy atom. The molecule has 0 rings (SSSR count). The predicted octanol–water partition coefficient (Wildman–Crippen LogP) is -1.03. The van der Waals surface area contributed by atoms with Crippen LogP contribution in [0.5, 0.6) is 0 Å². The zero-order chi connectivity index (χ0) is 12.9. The summed E-state index contributed by atoms with van der Waals surface area (Å²) in [7, 11) is 0. The first kappa shape index (κ1) is 23.1. The van der Waals surface area contributed by atoms with Gasteiger partial charge in [0.25, 0.3) is 0 Å². The molecule has 18 heavy (non-hydrogen) atoms. The summed E-state index contributed by atoms with van der Waals surface area (Å²) >= 11 is 0. The number of aliphatic carboxylic acids is 2. The third kappa shape index (κ3) is 9.00. The van der Waals surface area contributed by atoms with Crippen LogP contribution in [0.4, 0.5) is 9.59 Å². The van der Waals surface area contributed by atoms with Gasteiger partial charge < -0.3 is 35.6 Å². The monoisotopic (exact) mass is 322 g/mol.